The number of nitrogens with zero attached hydrogens (tertiary/aromatic N) is 2. The third-order valence-corrected chi connectivity index (χ3v) is 4.58. The molecule has 4 heteroatoms. The highest BCUT2D eigenvalue weighted by Crippen LogP contribution is 2.22. The van der Waals surface area contributed by atoms with E-state index in [1.165, 1.54) is 42.3 Å². The summed E-state index contributed by atoms with van der Waals surface area (Å²) in [6.07, 6.45) is 7.34. The second-order valence-corrected chi connectivity index (χ2v) is 6.09. The smallest absolute Gasteiger partial charge is 0.0738 e. The molecule has 0 bridgehead atoms. The number of aromatic nitrogens is 2. The van der Waals surface area contributed by atoms with Gasteiger partial charge in [0.05, 0.1) is 15.9 Å². The van der Waals surface area contributed by atoms with Crippen molar-refractivity contribution < 1.29 is 0 Å². The van der Waals surface area contributed by atoms with E-state index in [4.69, 9.17) is 0 Å². The van der Waals surface area contributed by atoms with Crippen LogP contribution in [0.2, 0.25) is 0 Å². The van der Waals surface area contributed by atoms with Crippen LogP contribution in [0.3, 0.4) is 0 Å². The number of aryl methyl sites for hydroxylation is 2. The Morgan fingerprint density at radius 2 is 2.00 bits per heavy atom. The first kappa shape index (κ1) is 16.7. The zero-order valence-electron chi connectivity index (χ0n) is 12.8. The SMILES string of the molecule is CCCNC(CCC)CCCc1c(Br)c(C)nn1C. The molecule has 1 atom stereocenters. The van der Waals surface area contributed by atoms with Crippen LogP contribution in [0.1, 0.15) is 57.3 Å². The summed E-state index contributed by atoms with van der Waals surface area (Å²) in [7, 11) is 2.03. The van der Waals surface area contributed by atoms with Crippen molar-refractivity contribution in [3.63, 3.8) is 0 Å². The van der Waals surface area contributed by atoms with Crippen LogP contribution in [0.15, 0.2) is 4.47 Å². The molecule has 0 spiro atoms. The van der Waals surface area contributed by atoms with E-state index < -0.39 is 0 Å². The summed E-state index contributed by atoms with van der Waals surface area (Å²) in [5, 5.41) is 8.11. The molecule has 1 aromatic heterocycles. The number of nitrogens with one attached hydrogen (secondary N) is 1. The zero-order valence-corrected chi connectivity index (χ0v) is 14.4. The van der Waals surface area contributed by atoms with Crippen LogP contribution >= 0.6 is 15.9 Å². The normalized spacial score (nSPS) is 12.9. The fourth-order valence-corrected chi connectivity index (χ4v) is 3.05. The van der Waals surface area contributed by atoms with Gasteiger partial charge >= 0.3 is 0 Å². The van der Waals surface area contributed by atoms with Crippen LogP contribution in [0.4, 0.5) is 0 Å². The lowest BCUT2D eigenvalue weighted by Gasteiger charge is -2.17. The predicted octanol–water partition coefficient (Wildman–Crippen LogP) is 3.98. The van der Waals surface area contributed by atoms with E-state index in [1.54, 1.807) is 0 Å². The van der Waals surface area contributed by atoms with Gasteiger partial charge in [-0.05, 0) is 61.5 Å². The topological polar surface area (TPSA) is 29.9 Å². The third-order valence-electron chi connectivity index (χ3n) is 3.55. The van der Waals surface area contributed by atoms with Gasteiger partial charge in [0.2, 0.25) is 0 Å². The zero-order chi connectivity index (χ0) is 14.3. The van der Waals surface area contributed by atoms with E-state index in [-0.39, 0.29) is 0 Å². The van der Waals surface area contributed by atoms with Gasteiger partial charge in [-0.1, -0.05) is 20.3 Å². The van der Waals surface area contributed by atoms with Crippen molar-refractivity contribution in [1.29, 1.82) is 0 Å². The lowest BCUT2D eigenvalue weighted by Crippen LogP contribution is -2.29. The van der Waals surface area contributed by atoms with Crippen LogP contribution in [0.5, 0.6) is 0 Å². The van der Waals surface area contributed by atoms with Crippen molar-refractivity contribution in [2.75, 3.05) is 6.54 Å². The Labute approximate surface area is 126 Å². The summed E-state index contributed by atoms with van der Waals surface area (Å²) in [5.41, 5.74) is 2.41. The van der Waals surface area contributed by atoms with Crippen molar-refractivity contribution in [3.05, 3.63) is 15.9 Å². The fraction of sp³-hybridized carbons (Fsp3) is 0.800. The monoisotopic (exact) mass is 329 g/mol. The van der Waals surface area contributed by atoms with E-state index in [9.17, 15) is 0 Å². The highest BCUT2D eigenvalue weighted by molar-refractivity contribution is 9.10. The molecule has 0 aliphatic carbocycles. The van der Waals surface area contributed by atoms with E-state index >= 15 is 0 Å². The molecule has 0 aliphatic rings. The van der Waals surface area contributed by atoms with Crippen LogP contribution in [-0.2, 0) is 13.5 Å². The van der Waals surface area contributed by atoms with Gasteiger partial charge in [-0.25, -0.2) is 0 Å². The molecule has 0 aliphatic heterocycles. The molecule has 3 nitrogen and oxygen atoms in total. The molecule has 19 heavy (non-hydrogen) atoms. The van der Waals surface area contributed by atoms with Crippen molar-refractivity contribution in [1.82, 2.24) is 15.1 Å². The summed E-state index contributed by atoms with van der Waals surface area (Å²) < 4.78 is 3.19. The summed E-state index contributed by atoms with van der Waals surface area (Å²) in [6, 6.07) is 0.679. The van der Waals surface area contributed by atoms with Gasteiger partial charge in [-0.3, -0.25) is 4.68 Å². The molecule has 0 radical (unpaired) electrons. The van der Waals surface area contributed by atoms with Crippen molar-refractivity contribution >= 4 is 15.9 Å². The maximum absolute atomic E-state index is 4.45. The Balaban J connectivity index is 2.42. The Kier molecular flexibility index (Phi) is 7.69. The second kappa shape index (κ2) is 8.75. The molecule has 110 valence electrons. The van der Waals surface area contributed by atoms with E-state index in [0.717, 1.165) is 18.7 Å². The van der Waals surface area contributed by atoms with Gasteiger partial charge in [0.15, 0.2) is 0 Å². The minimum atomic E-state index is 0.679. The van der Waals surface area contributed by atoms with Gasteiger partial charge in [0, 0.05) is 13.1 Å². The van der Waals surface area contributed by atoms with Crippen molar-refractivity contribution in [2.24, 2.45) is 7.05 Å². The van der Waals surface area contributed by atoms with Crippen LogP contribution in [0.25, 0.3) is 0 Å². The number of hydrogen-bond donors (Lipinski definition) is 1. The molecule has 1 N–H and O–H groups in total. The maximum Gasteiger partial charge on any atom is 0.0738 e. The molecule has 1 aromatic rings. The Bertz CT molecular complexity index is 374. The van der Waals surface area contributed by atoms with Gasteiger partial charge in [-0.15, -0.1) is 0 Å². The standard InChI is InChI=1S/C15H28BrN3/c1-5-8-13(17-11-6-2)9-7-10-14-15(16)12(3)18-19(14)4/h13,17H,5-11H2,1-4H3. The second-order valence-electron chi connectivity index (χ2n) is 5.30. The molecule has 0 aromatic carbocycles. The molecular formula is C15H28BrN3. The summed E-state index contributed by atoms with van der Waals surface area (Å²) in [4.78, 5) is 0. The molecule has 0 fully saturated rings. The van der Waals surface area contributed by atoms with Gasteiger partial charge in [-0.2, -0.15) is 5.10 Å². The minimum Gasteiger partial charge on any atom is -0.314 e. The van der Waals surface area contributed by atoms with Crippen molar-refractivity contribution in [3.8, 4) is 0 Å². The Hall–Kier alpha value is -0.350. The Morgan fingerprint density at radius 3 is 2.53 bits per heavy atom. The first-order chi connectivity index (χ1) is 9.10. The number of hydrogen-bond acceptors (Lipinski definition) is 2. The summed E-state index contributed by atoms with van der Waals surface area (Å²) in [5.74, 6) is 0. The first-order valence-electron chi connectivity index (χ1n) is 7.51. The molecule has 1 heterocycles. The quantitative estimate of drug-likeness (QED) is 0.742. The average molecular weight is 330 g/mol. The fourth-order valence-electron chi connectivity index (χ4n) is 2.51. The van der Waals surface area contributed by atoms with Crippen molar-refractivity contribution in [2.45, 2.75) is 65.3 Å². The molecule has 0 saturated carbocycles. The summed E-state index contributed by atoms with van der Waals surface area (Å²) >= 11 is 3.64. The lowest BCUT2D eigenvalue weighted by atomic mass is 10.0. The van der Waals surface area contributed by atoms with Gasteiger partial charge in [0.1, 0.15) is 0 Å². The summed E-state index contributed by atoms with van der Waals surface area (Å²) in [6.45, 7) is 7.68. The van der Waals surface area contributed by atoms with Gasteiger partial charge in [0.25, 0.3) is 0 Å². The van der Waals surface area contributed by atoms with Gasteiger partial charge < -0.3 is 5.32 Å². The van der Waals surface area contributed by atoms with E-state index in [0.29, 0.717) is 6.04 Å². The molecular weight excluding hydrogens is 302 g/mol. The van der Waals surface area contributed by atoms with E-state index in [1.807, 2.05) is 11.7 Å². The highest BCUT2D eigenvalue weighted by atomic mass is 79.9. The molecule has 1 unspecified atom stereocenters. The van der Waals surface area contributed by atoms with E-state index in [2.05, 4.69) is 47.1 Å². The minimum absolute atomic E-state index is 0.679. The average Bonchev–Trinajstić information content (AvgIpc) is 2.62. The number of rotatable bonds is 9. The highest BCUT2D eigenvalue weighted by Gasteiger charge is 2.12. The Morgan fingerprint density at radius 1 is 1.26 bits per heavy atom. The van der Waals surface area contributed by atoms with Crippen LogP contribution in [-0.4, -0.2) is 22.4 Å². The lowest BCUT2D eigenvalue weighted by molar-refractivity contribution is 0.435. The van der Waals surface area contributed by atoms with Crippen LogP contribution in [0, 0.1) is 6.92 Å². The largest absolute Gasteiger partial charge is 0.314 e. The maximum atomic E-state index is 4.45. The number of halogens is 1. The third kappa shape index (κ3) is 5.27. The van der Waals surface area contributed by atoms with Crippen LogP contribution < -0.4 is 5.32 Å². The first-order valence-corrected chi connectivity index (χ1v) is 8.30. The predicted molar refractivity (Wildman–Crippen MR) is 85.6 cm³/mol. The molecule has 0 saturated heterocycles. The molecule has 1 rings (SSSR count). The molecule has 0 amide bonds.